The Hall–Kier alpha value is -1.93. The van der Waals surface area contributed by atoms with E-state index < -0.39 is 6.10 Å². The quantitative estimate of drug-likeness (QED) is 0.890. The molecule has 0 saturated heterocycles. The molecule has 0 aliphatic carbocycles. The van der Waals surface area contributed by atoms with E-state index in [1.54, 1.807) is 6.92 Å². The molecule has 0 amide bonds. The van der Waals surface area contributed by atoms with Gasteiger partial charge in [-0.1, -0.05) is 61.5 Å². The number of benzene rings is 2. The lowest BCUT2D eigenvalue weighted by Crippen LogP contribution is -2.02. The average Bonchev–Trinajstić information content (AvgIpc) is 2.46. The molecular formula is C16H15O2. The van der Waals surface area contributed by atoms with Gasteiger partial charge in [-0.15, -0.1) is 0 Å². The van der Waals surface area contributed by atoms with Gasteiger partial charge < -0.3 is 5.11 Å². The average molecular weight is 239 g/mol. The molecule has 2 rings (SSSR count). The standard InChI is InChI=1S/C16H15O2/c1-12(11-17)14-8-5-9-15(10-14)16(18)13-6-3-2-4-7-13/h2-10,12,16,18H,1H3. The zero-order chi connectivity index (χ0) is 13.0. The first-order chi connectivity index (χ1) is 8.72. The summed E-state index contributed by atoms with van der Waals surface area (Å²) < 4.78 is 0. The van der Waals surface area contributed by atoms with E-state index in [1.807, 2.05) is 60.9 Å². The Balaban J connectivity index is 2.31. The Morgan fingerprint density at radius 2 is 1.56 bits per heavy atom. The topological polar surface area (TPSA) is 37.3 Å². The van der Waals surface area contributed by atoms with Crippen LogP contribution in [0.2, 0.25) is 0 Å². The van der Waals surface area contributed by atoms with Gasteiger partial charge in [-0.3, -0.25) is 4.79 Å². The van der Waals surface area contributed by atoms with E-state index in [0.29, 0.717) is 0 Å². The molecule has 18 heavy (non-hydrogen) atoms. The molecule has 0 saturated carbocycles. The van der Waals surface area contributed by atoms with Crippen LogP contribution in [0, 0.1) is 0 Å². The maximum absolute atomic E-state index is 10.7. The van der Waals surface area contributed by atoms with Crippen molar-refractivity contribution in [3.8, 4) is 0 Å². The minimum atomic E-state index is -0.662. The lowest BCUT2D eigenvalue weighted by atomic mass is 9.95. The van der Waals surface area contributed by atoms with Gasteiger partial charge in [0.05, 0.1) is 0 Å². The van der Waals surface area contributed by atoms with Gasteiger partial charge in [0.15, 0.2) is 0 Å². The first-order valence-corrected chi connectivity index (χ1v) is 5.93. The van der Waals surface area contributed by atoms with E-state index in [1.165, 1.54) is 0 Å². The molecule has 0 aliphatic rings. The molecule has 2 unspecified atom stereocenters. The van der Waals surface area contributed by atoms with Gasteiger partial charge >= 0.3 is 0 Å². The maximum Gasteiger partial charge on any atom is 0.206 e. The molecule has 1 N–H and O–H groups in total. The molecule has 0 spiro atoms. The number of hydrogen-bond acceptors (Lipinski definition) is 2. The Morgan fingerprint density at radius 1 is 0.944 bits per heavy atom. The van der Waals surface area contributed by atoms with Gasteiger partial charge in [-0.05, 0) is 16.7 Å². The summed E-state index contributed by atoms with van der Waals surface area (Å²) in [5.74, 6) is -0.270. The van der Waals surface area contributed by atoms with Crippen LogP contribution >= 0.6 is 0 Å². The zero-order valence-corrected chi connectivity index (χ0v) is 10.2. The second kappa shape index (κ2) is 5.61. The number of aliphatic hydroxyl groups is 1. The smallest absolute Gasteiger partial charge is 0.206 e. The van der Waals surface area contributed by atoms with Gasteiger partial charge in [0.1, 0.15) is 6.10 Å². The van der Waals surface area contributed by atoms with Crippen molar-refractivity contribution < 1.29 is 9.90 Å². The molecule has 2 nitrogen and oxygen atoms in total. The van der Waals surface area contributed by atoms with Crippen LogP contribution in [-0.2, 0) is 4.79 Å². The highest BCUT2D eigenvalue weighted by Gasteiger charge is 2.12. The third-order valence-corrected chi connectivity index (χ3v) is 3.02. The second-order valence-corrected chi connectivity index (χ2v) is 4.32. The summed E-state index contributed by atoms with van der Waals surface area (Å²) >= 11 is 0. The van der Waals surface area contributed by atoms with Crippen molar-refractivity contribution in [1.82, 2.24) is 0 Å². The molecule has 2 aromatic rings. The zero-order valence-electron chi connectivity index (χ0n) is 10.2. The summed E-state index contributed by atoms with van der Waals surface area (Å²) in [6.07, 6.45) is 1.29. The normalized spacial score (nSPS) is 13.9. The van der Waals surface area contributed by atoms with Crippen LogP contribution in [0.1, 0.15) is 35.6 Å². The highest BCUT2D eigenvalue weighted by molar-refractivity contribution is 5.62. The first-order valence-electron chi connectivity index (χ1n) is 5.93. The van der Waals surface area contributed by atoms with Gasteiger partial charge in [-0.25, -0.2) is 0 Å². The van der Waals surface area contributed by atoms with Gasteiger partial charge in [0.25, 0.3) is 0 Å². The minimum Gasteiger partial charge on any atom is -0.384 e. The van der Waals surface area contributed by atoms with Gasteiger partial charge in [0.2, 0.25) is 6.29 Å². The SMILES string of the molecule is CC([C]=O)c1cccc(C(O)c2ccccc2)c1. The molecule has 0 heterocycles. The van der Waals surface area contributed by atoms with E-state index in [9.17, 15) is 9.90 Å². The van der Waals surface area contributed by atoms with Crippen molar-refractivity contribution in [3.05, 3.63) is 71.3 Å². The van der Waals surface area contributed by atoms with Crippen molar-refractivity contribution in [2.45, 2.75) is 18.9 Å². The Morgan fingerprint density at radius 3 is 2.22 bits per heavy atom. The van der Waals surface area contributed by atoms with Crippen LogP contribution in [-0.4, -0.2) is 11.4 Å². The molecule has 2 atom stereocenters. The highest BCUT2D eigenvalue weighted by Crippen LogP contribution is 2.24. The molecular weight excluding hydrogens is 224 g/mol. The largest absolute Gasteiger partial charge is 0.384 e. The van der Waals surface area contributed by atoms with Crippen LogP contribution in [0.5, 0.6) is 0 Å². The van der Waals surface area contributed by atoms with E-state index in [0.717, 1.165) is 16.7 Å². The second-order valence-electron chi connectivity index (χ2n) is 4.32. The summed E-state index contributed by atoms with van der Waals surface area (Å²) in [5, 5.41) is 10.3. The van der Waals surface area contributed by atoms with Crippen LogP contribution in [0.3, 0.4) is 0 Å². The van der Waals surface area contributed by atoms with Crippen LogP contribution in [0.4, 0.5) is 0 Å². The van der Waals surface area contributed by atoms with Gasteiger partial charge in [0, 0.05) is 5.92 Å². The first kappa shape index (κ1) is 12.5. The number of aliphatic hydroxyl groups excluding tert-OH is 1. The molecule has 1 radical (unpaired) electrons. The predicted molar refractivity (Wildman–Crippen MR) is 71.1 cm³/mol. The van der Waals surface area contributed by atoms with E-state index in [2.05, 4.69) is 0 Å². The van der Waals surface area contributed by atoms with Crippen molar-refractivity contribution >= 4 is 6.29 Å². The maximum atomic E-state index is 10.7. The van der Waals surface area contributed by atoms with E-state index >= 15 is 0 Å². The summed E-state index contributed by atoms with van der Waals surface area (Å²) in [6.45, 7) is 1.79. The predicted octanol–water partition coefficient (Wildman–Crippen LogP) is 2.98. The van der Waals surface area contributed by atoms with Gasteiger partial charge in [-0.2, -0.15) is 0 Å². The molecule has 2 heteroatoms. The number of hydrogen-bond donors (Lipinski definition) is 1. The highest BCUT2D eigenvalue weighted by atomic mass is 16.3. The van der Waals surface area contributed by atoms with Crippen molar-refractivity contribution in [2.24, 2.45) is 0 Å². The third-order valence-electron chi connectivity index (χ3n) is 3.02. The summed E-state index contributed by atoms with van der Waals surface area (Å²) in [7, 11) is 0. The fourth-order valence-corrected chi connectivity index (χ4v) is 1.89. The van der Waals surface area contributed by atoms with Crippen LogP contribution < -0.4 is 0 Å². The lowest BCUT2D eigenvalue weighted by molar-refractivity contribution is 0.220. The van der Waals surface area contributed by atoms with Crippen molar-refractivity contribution in [1.29, 1.82) is 0 Å². The monoisotopic (exact) mass is 239 g/mol. The molecule has 0 bridgehead atoms. The fraction of sp³-hybridized carbons (Fsp3) is 0.188. The Bertz CT molecular complexity index is 520. The lowest BCUT2D eigenvalue weighted by Gasteiger charge is -2.13. The van der Waals surface area contributed by atoms with E-state index in [4.69, 9.17) is 0 Å². The summed E-state index contributed by atoms with van der Waals surface area (Å²) in [5.41, 5.74) is 2.51. The molecule has 0 aromatic heterocycles. The molecule has 91 valence electrons. The minimum absolute atomic E-state index is 0.270. The fourth-order valence-electron chi connectivity index (χ4n) is 1.89. The van der Waals surface area contributed by atoms with E-state index in [-0.39, 0.29) is 5.92 Å². The molecule has 2 aromatic carbocycles. The van der Waals surface area contributed by atoms with Crippen LogP contribution in [0.25, 0.3) is 0 Å². The van der Waals surface area contributed by atoms with Crippen LogP contribution in [0.15, 0.2) is 54.6 Å². The molecule has 0 fully saturated rings. The number of rotatable bonds is 4. The number of carbonyl (C=O) groups excluding carboxylic acids is 1. The Kier molecular flexibility index (Phi) is 3.90. The summed E-state index contributed by atoms with van der Waals surface area (Å²) in [6, 6.07) is 16.9. The molecule has 0 aliphatic heterocycles. The van der Waals surface area contributed by atoms with Crippen molar-refractivity contribution in [3.63, 3.8) is 0 Å². The summed E-state index contributed by atoms with van der Waals surface area (Å²) in [4.78, 5) is 10.7. The third kappa shape index (κ3) is 2.66. The Labute approximate surface area is 107 Å². The van der Waals surface area contributed by atoms with Crippen molar-refractivity contribution in [2.75, 3.05) is 0 Å².